The highest BCUT2D eigenvalue weighted by atomic mass is 32.1. The lowest BCUT2D eigenvalue weighted by Gasteiger charge is -2.28. The van der Waals surface area contributed by atoms with Crippen LogP contribution < -0.4 is 4.74 Å². The summed E-state index contributed by atoms with van der Waals surface area (Å²) in [5.74, 6) is 1.76. The van der Waals surface area contributed by atoms with Crippen LogP contribution in [0.4, 0.5) is 0 Å². The van der Waals surface area contributed by atoms with E-state index >= 15 is 0 Å². The molecule has 0 amide bonds. The molecule has 4 nitrogen and oxygen atoms in total. The maximum atomic E-state index is 6.16. The van der Waals surface area contributed by atoms with Crippen molar-refractivity contribution < 1.29 is 4.74 Å². The zero-order valence-electron chi connectivity index (χ0n) is 18.3. The molecule has 0 spiro atoms. The highest BCUT2D eigenvalue weighted by Gasteiger charge is 2.20. The van der Waals surface area contributed by atoms with Gasteiger partial charge in [-0.2, -0.15) is 0 Å². The van der Waals surface area contributed by atoms with Crippen molar-refractivity contribution >= 4 is 21.6 Å². The van der Waals surface area contributed by atoms with Crippen LogP contribution in [0.2, 0.25) is 0 Å². The fourth-order valence-corrected chi connectivity index (χ4v) is 5.17. The summed E-state index contributed by atoms with van der Waals surface area (Å²) in [5.41, 5.74) is 9.16. The van der Waals surface area contributed by atoms with Crippen LogP contribution in [-0.2, 0) is 12.8 Å². The van der Waals surface area contributed by atoms with Gasteiger partial charge in [-0.25, -0.2) is 4.98 Å². The van der Waals surface area contributed by atoms with Gasteiger partial charge in [-0.05, 0) is 74.6 Å². The van der Waals surface area contributed by atoms with E-state index in [-0.39, 0.29) is 0 Å². The molecule has 0 fully saturated rings. The number of aryl methyl sites for hydroxylation is 2. The van der Waals surface area contributed by atoms with Crippen LogP contribution >= 0.6 is 11.3 Å². The first-order valence-corrected chi connectivity index (χ1v) is 11.8. The van der Waals surface area contributed by atoms with Crippen molar-refractivity contribution in [3.63, 3.8) is 0 Å². The van der Waals surface area contributed by atoms with Gasteiger partial charge in [0.05, 0.1) is 15.7 Å². The van der Waals surface area contributed by atoms with E-state index in [9.17, 15) is 0 Å². The largest absolute Gasteiger partial charge is 0.457 e. The minimum atomic E-state index is 0.374. The summed E-state index contributed by atoms with van der Waals surface area (Å²) in [5, 5.41) is 0. The van der Waals surface area contributed by atoms with Gasteiger partial charge < -0.3 is 4.74 Å². The number of hydrogen-bond donors (Lipinski definition) is 0. The van der Waals surface area contributed by atoms with E-state index in [2.05, 4.69) is 58.2 Å². The zero-order valence-corrected chi connectivity index (χ0v) is 19.1. The molecule has 5 rings (SSSR count). The van der Waals surface area contributed by atoms with Gasteiger partial charge in [0.25, 0.3) is 0 Å². The van der Waals surface area contributed by atoms with Crippen LogP contribution in [0.15, 0.2) is 54.0 Å². The SMILES string of the molecule is Cc1cc(Oc2ccc3c(c2)CCN([C@@H](C)c2ccc4scnc4c2)CC3)cc(C)n1. The number of aromatic nitrogens is 2. The Bertz CT molecular complexity index is 1210. The third-order valence-corrected chi connectivity index (χ3v) is 7.00. The Morgan fingerprint density at radius 3 is 2.48 bits per heavy atom. The molecule has 31 heavy (non-hydrogen) atoms. The molecule has 0 saturated heterocycles. The first-order valence-electron chi connectivity index (χ1n) is 10.9. The van der Waals surface area contributed by atoms with Crippen LogP contribution in [-0.4, -0.2) is 28.0 Å². The lowest BCUT2D eigenvalue weighted by molar-refractivity contribution is 0.221. The quantitative estimate of drug-likeness (QED) is 0.384. The molecule has 1 aliphatic rings. The van der Waals surface area contributed by atoms with E-state index in [4.69, 9.17) is 4.74 Å². The van der Waals surface area contributed by atoms with E-state index < -0.39 is 0 Å². The molecule has 0 saturated carbocycles. The van der Waals surface area contributed by atoms with Crippen molar-refractivity contribution in [2.75, 3.05) is 13.1 Å². The van der Waals surface area contributed by atoms with Crippen LogP contribution in [0.25, 0.3) is 10.2 Å². The van der Waals surface area contributed by atoms with Gasteiger partial charge in [-0.3, -0.25) is 9.88 Å². The molecule has 158 valence electrons. The molecule has 1 atom stereocenters. The van der Waals surface area contributed by atoms with Crippen LogP contribution in [0.3, 0.4) is 0 Å². The Morgan fingerprint density at radius 2 is 1.68 bits per heavy atom. The van der Waals surface area contributed by atoms with Crippen LogP contribution in [0.1, 0.15) is 41.0 Å². The number of fused-ring (bicyclic) bond motifs is 2. The van der Waals surface area contributed by atoms with E-state index in [0.29, 0.717) is 6.04 Å². The van der Waals surface area contributed by atoms with E-state index in [0.717, 1.165) is 54.3 Å². The molecule has 0 N–H and O–H groups in total. The topological polar surface area (TPSA) is 38.2 Å². The van der Waals surface area contributed by atoms with Gasteiger partial charge in [0, 0.05) is 42.7 Å². The Hall–Kier alpha value is -2.76. The molecular weight excluding hydrogens is 402 g/mol. The van der Waals surface area contributed by atoms with Gasteiger partial charge in [-0.15, -0.1) is 11.3 Å². The Kier molecular flexibility index (Phi) is 5.47. The highest BCUT2D eigenvalue weighted by molar-refractivity contribution is 7.16. The normalized spacial score (nSPS) is 15.5. The van der Waals surface area contributed by atoms with Gasteiger partial charge in [0.2, 0.25) is 0 Å². The summed E-state index contributed by atoms with van der Waals surface area (Å²) in [6, 6.07) is 17.6. The fraction of sp³-hybridized carbons (Fsp3) is 0.308. The molecule has 0 unspecified atom stereocenters. The number of rotatable bonds is 4. The second kappa shape index (κ2) is 8.40. The number of pyridine rings is 1. The summed E-state index contributed by atoms with van der Waals surface area (Å²) in [7, 11) is 0. The van der Waals surface area contributed by atoms with E-state index in [1.807, 2.05) is 31.5 Å². The number of benzene rings is 2. The maximum Gasteiger partial charge on any atom is 0.131 e. The summed E-state index contributed by atoms with van der Waals surface area (Å²) in [6.45, 7) is 8.41. The van der Waals surface area contributed by atoms with E-state index in [1.165, 1.54) is 21.4 Å². The minimum Gasteiger partial charge on any atom is -0.457 e. The van der Waals surface area contributed by atoms with Crippen molar-refractivity contribution in [3.8, 4) is 11.5 Å². The number of thiazole rings is 1. The molecule has 1 aliphatic heterocycles. The molecule has 4 aromatic rings. The fourth-order valence-electron chi connectivity index (χ4n) is 4.51. The molecule has 3 heterocycles. The van der Waals surface area contributed by atoms with Crippen molar-refractivity contribution in [1.29, 1.82) is 0 Å². The predicted molar refractivity (Wildman–Crippen MR) is 127 cm³/mol. The molecule has 0 aliphatic carbocycles. The summed E-state index contributed by atoms with van der Waals surface area (Å²) >= 11 is 1.70. The summed E-state index contributed by atoms with van der Waals surface area (Å²) in [6.07, 6.45) is 2.09. The minimum absolute atomic E-state index is 0.374. The number of ether oxygens (including phenoxy) is 1. The van der Waals surface area contributed by atoms with Crippen LogP contribution in [0.5, 0.6) is 11.5 Å². The lowest BCUT2D eigenvalue weighted by atomic mass is 10.0. The van der Waals surface area contributed by atoms with Crippen LogP contribution in [0, 0.1) is 13.8 Å². The summed E-state index contributed by atoms with van der Waals surface area (Å²) in [4.78, 5) is 11.5. The first-order chi connectivity index (χ1) is 15.0. The molecule has 0 radical (unpaired) electrons. The number of nitrogens with zero attached hydrogens (tertiary/aromatic N) is 3. The monoisotopic (exact) mass is 429 g/mol. The van der Waals surface area contributed by atoms with Gasteiger partial charge in [0.15, 0.2) is 0 Å². The highest BCUT2D eigenvalue weighted by Crippen LogP contribution is 2.30. The second-order valence-electron chi connectivity index (χ2n) is 8.41. The molecular formula is C26H27N3OS. The van der Waals surface area contributed by atoms with Gasteiger partial charge in [0.1, 0.15) is 11.5 Å². The first kappa shape index (κ1) is 20.2. The molecule has 2 aromatic carbocycles. The second-order valence-corrected chi connectivity index (χ2v) is 9.30. The summed E-state index contributed by atoms with van der Waals surface area (Å²) < 4.78 is 7.42. The molecule has 5 heteroatoms. The standard InChI is InChI=1S/C26H27N3OS/c1-17-12-24(13-18(2)28-17)30-23-6-4-20-8-10-29(11-9-22(20)14-23)19(3)21-5-7-26-25(15-21)27-16-31-26/h4-7,12-16,19H,8-11H2,1-3H3/t19-/m0/s1. The average Bonchev–Trinajstić information content (AvgIpc) is 3.11. The molecule has 2 aromatic heterocycles. The lowest BCUT2D eigenvalue weighted by Crippen LogP contribution is -2.29. The zero-order chi connectivity index (χ0) is 21.4. The van der Waals surface area contributed by atoms with Crippen molar-refractivity contribution in [2.24, 2.45) is 0 Å². The van der Waals surface area contributed by atoms with Gasteiger partial charge in [-0.1, -0.05) is 12.1 Å². The Labute approximate surface area is 187 Å². The smallest absolute Gasteiger partial charge is 0.131 e. The van der Waals surface area contributed by atoms with Crippen molar-refractivity contribution in [2.45, 2.75) is 39.7 Å². The maximum absolute atomic E-state index is 6.16. The number of hydrogen-bond acceptors (Lipinski definition) is 5. The van der Waals surface area contributed by atoms with E-state index in [1.54, 1.807) is 11.3 Å². The predicted octanol–water partition coefficient (Wildman–Crippen LogP) is 6.26. The Balaban J connectivity index is 1.31. The Morgan fingerprint density at radius 1 is 0.903 bits per heavy atom. The average molecular weight is 430 g/mol. The third kappa shape index (κ3) is 4.34. The van der Waals surface area contributed by atoms with Crippen molar-refractivity contribution in [1.82, 2.24) is 14.9 Å². The third-order valence-electron chi connectivity index (χ3n) is 6.19. The van der Waals surface area contributed by atoms with Gasteiger partial charge >= 0.3 is 0 Å². The molecule has 0 bridgehead atoms. The van der Waals surface area contributed by atoms with Crippen molar-refractivity contribution in [3.05, 3.63) is 82.1 Å².